The number of nitrogens with zero attached hydrogens (tertiary/aromatic N) is 1. The predicted octanol–water partition coefficient (Wildman–Crippen LogP) is 1.24. The Kier molecular flexibility index (Phi) is 1.42. The summed E-state index contributed by atoms with van der Waals surface area (Å²) in [4.78, 5) is 4.34. The van der Waals surface area contributed by atoms with Crippen LogP contribution in [0.25, 0.3) is 22.1 Å². The Bertz CT molecular complexity index is 615. The number of benzene rings is 1. The molecule has 0 unspecified atom stereocenters. The van der Waals surface area contributed by atoms with Crippen LogP contribution in [0.3, 0.4) is 0 Å². The minimum atomic E-state index is 0.858. The SMILES string of the molecule is Bc1cccc2oc3cccnc3c12. The smallest absolute Gasteiger partial charge is 0.153 e. The van der Waals surface area contributed by atoms with Crippen molar-refractivity contribution in [1.82, 2.24) is 4.98 Å². The van der Waals surface area contributed by atoms with Crippen LogP contribution in [-0.2, 0) is 0 Å². The molecular formula is C11H8BNO. The lowest BCUT2D eigenvalue weighted by Crippen LogP contribution is -2.01. The lowest BCUT2D eigenvalue weighted by molar-refractivity contribution is 0.668. The van der Waals surface area contributed by atoms with Gasteiger partial charge in [0.25, 0.3) is 0 Å². The summed E-state index contributed by atoms with van der Waals surface area (Å²) < 4.78 is 5.67. The lowest BCUT2D eigenvalue weighted by Gasteiger charge is -1.92. The molecule has 3 rings (SSSR count). The molecule has 0 radical (unpaired) electrons. The highest BCUT2D eigenvalue weighted by Crippen LogP contribution is 2.24. The Labute approximate surface area is 82.0 Å². The summed E-state index contributed by atoms with van der Waals surface area (Å²) in [7, 11) is 2.08. The van der Waals surface area contributed by atoms with Crippen LogP contribution >= 0.6 is 0 Å². The van der Waals surface area contributed by atoms with Gasteiger partial charge in [0.1, 0.15) is 18.9 Å². The van der Waals surface area contributed by atoms with E-state index in [2.05, 4.69) is 18.9 Å². The normalized spacial score (nSPS) is 11.1. The standard InChI is InChI=1S/C11H8BNO/c12-7-3-1-4-8-10(7)11-9(14-8)5-2-6-13-11/h1-6H,12H2. The maximum atomic E-state index is 5.67. The zero-order valence-corrected chi connectivity index (χ0v) is 7.82. The fourth-order valence-corrected chi connectivity index (χ4v) is 1.81. The van der Waals surface area contributed by atoms with Crippen molar-refractivity contribution in [2.45, 2.75) is 0 Å². The first-order chi connectivity index (χ1) is 6.86. The van der Waals surface area contributed by atoms with E-state index in [1.54, 1.807) is 6.20 Å². The van der Waals surface area contributed by atoms with Crippen LogP contribution in [0.1, 0.15) is 0 Å². The molecule has 0 spiro atoms. The van der Waals surface area contributed by atoms with E-state index in [0.717, 1.165) is 22.1 Å². The van der Waals surface area contributed by atoms with Gasteiger partial charge >= 0.3 is 0 Å². The molecule has 66 valence electrons. The minimum absolute atomic E-state index is 0.858. The van der Waals surface area contributed by atoms with Gasteiger partial charge in [-0.2, -0.15) is 0 Å². The first kappa shape index (κ1) is 7.62. The van der Waals surface area contributed by atoms with Crippen molar-refractivity contribution in [2.24, 2.45) is 0 Å². The molecule has 0 aliphatic carbocycles. The molecule has 0 N–H and O–H groups in total. The number of fused-ring (bicyclic) bond motifs is 3. The quantitative estimate of drug-likeness (QED) is 0.487. The molecule has 2 aromatic heterocycles. The molecule has 3 aromatic rings. The molecule has 3 heteroatoms. The lowest BCUT2D eigenvalue weighted by atomic mass is 9.92. The first-order valence-electron chi connectivity index (χ1n) is 4.59. The molecule has 0 saturated carbocycles. The van der Waals surface area contributed by atoms with Gasteiger partial charge in [0.2, 0.25) is 0 Å². The largest absolute Gasteiger partial charge is 0.454 e. The van der Waals surface area contributed by atoms with Gasteiger partial charge in [-0.15, -0.1) is 0 Å². The Hall–Kier alpha value is -1.77. The van der Waals surface area contributed by atoms with Crippen molar-refractivity contribution in [3.05, 3.63) is 36.5 Å². The monoisotopic (exact) mass is 181 g/mol. The maximum Gasteiger partial charge on any atom is 0.153 e. The van der Waals surface area contributed by atoms with E-state index in [9.17, 15) is 0 Å². The van der Waals surface area contributed by atoms with E-state index in [1.807, 2.05) is 24.3 Å². The highest BCUT2D eigenvalue weighted by atomic mass is 16.3. The molecule has 0 saturated heterocycles. The Morgan fingerprint density at radius 3 is 2.86 bits per heavy atom. The fraction of sp³-hybridized carbons (Fsp3) is 0. The van der Waals surface area contributed by atoms with Gasteiger partial charge in [-0.25, -0.2) is 0 Å². The molecule has 0 aliphatic rings. The van der Waals surface area contributed by atoms with Crippen molar-refractivity contribution >= 4 is 35.4 Å². The van der Waals surface area contributed by atoms with E-state index in [1.165, 1.54) is 5.46 Å². The highest BCUT2D eigenvalue weighted by Gasteiger charge is 2.07. The third-order valence-electron chi connectivity index (χ3n) is 2.46. The van der Waals surface area contributed by atoms with E-state index in [0.29, 0.717) is 0 Å². The van der Waals surface area contributed by atoms with Gasteiger partial charge in [-0.1, -0.05) is 17.6 Å². The highest BCUT2D eigenvalue weighted by molar-refractivity contribution is 6.40. The predicted molar refractivity (Wildman–Crippen MR) is 59.7 cm³/mol. The molecule has 2 heterocycles. The molecule has 1 aromatic carbocycles. The van der Waals surface area contributed by atoms with Crippen LogP contribution in [0.4, 0.5) is 0 Å². The van der Waals surface area contributed by atoms with Crippen LogP contribution in [0.5, 0.6) is 0 Å². The number of rotatable bonds is 0. The van der Waals surface area contributed by atoms with E-state index in [4.69, 9.17) is 4.42 Å². The van der Waals surface area contributed by atoms with Crippen LogP contribution in [0.15, 0.2) is 40.9 Å². The third kappa shape index (κ3) is 0.895. The number of hydrogen-bond donors (Lipinski definition) is 0. The van der Waals surface area contributed by atoms with Crippen molar-refractivity contribution in [1.29, 1.82) is 0 Å². The molecule has 0 fully saturated rings. The van der Waals surface area contributed by atoms with Crippen LogP contribution in [-0.4, -0.2) is 12.8 Å². The van der Waals surface area contributed by atoms with Crippen LogP contribution < -0.4 is 5.46 Å². The van der Waals surface area contributed by atoms with Gasteiger partial charge < -0.3 is 4.42 Å². The van der Waals surface area contributed by atoms with Crippen molar-refractivity contribution < 1.29 is 4.42 Å². The second-order valence-electron chi connectivity index (χ2n) is 3.40. The molecule has 2 nitrogen and oxygen atoms in total. The molecule has 0 bridgehead atoms. The van der Waals surface area contributed by atoms with Crippen molar-refractivity contribution in [3.8, 4) is 0 Å². The summed E-state index contributed by atoms with van der Waals surface area (Å²) >= 11 is 0. The topological polar surface area (TPSA) is 26.0 Å². The van der Waals surface area contributed by atoms with E-state index < -0.39 is 0 Å². The van der Waals surface area contributed by atoms with Crippen molar-refractivity contribution in [2.75, 3.05) is 0 Å². The summed E-state index contributed by atoms with van der Waals surface area (Å²) in [5.41, 5.74) is 3.94. The van der Waals surface area contributed by atoms with Gasteiger partial charge in [0.15, 0.2) is 5.58 Å². The van der Waals surface area contributed by atoms with Crippen LogP contribution in [0, 0.1) is 0 Å². The summed E-state index contributed by atoms with van der Waals surface area (Å²) in [6, 6.07) is 9.89. The molecule has 0 aliphatic heterocycles. The van der Waals surface area contributed by atoms with Gasteiger partial charge in [0.05, 0.1) is 0 Å². The van der Waals surface area contributed by atoms with E-state index >= 15 is 0 Å². The second kappa shape index (κ2) is 2.61. The minimum Gasteiger partial charge on any atom is -0.454 e. The fourth-order valence-electron chi connectivity index (χ4n) is 1.81. The second-order valence-corrected chi connectivity index (χ2v) is 3.40. The summed E-state index contributed by atoms with van der Waals surface area (Å²) in [5, 5.41) is 1.13. The molecule has 0 atom stereocenters. The number of aromatic nitrogens is 1. The van der Waals surface area contributed by atoms with Gasteiger partial charge in [-0.3, -0.25) is 4.98 Å². The molecule has 14 heavy (non-hydrogen) atoms. The first-order valence-corrected chi connectivity index (χ1v) is 4.59. The van der Waals surface area contributed by atoms with Crippen molar-refractivity contribution in [3.63, 3.8) is 0 Å². The number of furan rings is 1. The van der Waals surface area contributed by atoms with E-state index in [-0.39, 0.29) is 0 Å². The zero-order chi connectivity index (χ0) is 9.54. The number of hydrogen-bond acceptors (Lipinski definition) is 2. The summed E-state index contributed by atoms with van der Waals surface area (Å²) in [6.45, 7) is 0. The van der Waals surface area contributed by atoms with Crippen LogP contribution in [0.2, 0.25) is 0 Å². The Balaban J connectivity index is 2.65. The van der Waals surface area contributed by atoms with Gasteiger partial charge in [-0.05, 0) is 18.2 Å². The Morgan fingerprint density at radius 2 is 1.93 bits per heavy atom. The Morgan fingerprint density at radius 1 is 1.07 bits per heavy atom. The average molecular weight is 181 g/mol. The number of pyridine rings is 1. The summed E-state index contributed by atoms with van der Waals surface area (Å²) in [6.07, 6.45) is 1.80. The van der Waals surface area contributed by atoms with Gasteiger partial charge in [0, 0.05) is 11.6 Å². The maximum absolute atomic E-state index is 5.67. The third-order valence-corrected chi connectivity index (χ3v) is 2.46. The average Bonchev–Trinajstić information content (AvgIpc) is 2.57. The summed E-state index contributed by atoms with van der Waals surface area (Å²) in [5.74, 6) is 0. The zero-order valence-electron chi connectivity index (χ0n) is 7.82. The molecular weight excluding hydrogens is 173 g/mol. The molecule has 0 amide bonds.